The first-order valence-electron chi connectivity index (χ1n) is 8.56. The number of carbonyl (C=O) groups excluding carboxylic acids is 1. The molecule has 0 bridgehead atoms. The molecule has 2 amide bonds. The summed E-state index contributed by atoms with van der Waals surface area (Å²) in [5, 5.41) is 9.52. The number of hydrogen-bond donors (Lipinski definition) is 3. The zero-order chi connectivity index (χ0) is 18.4. The Bertz CT molecular complexity index is 625. The number of nitrogens with zero attached hydrogens (tertiary/aromatic N) is 2. The van der Waals surface area contributed by atoms with Gasteiger partial charge < -0.3 is 15.5 Å². The van der Waals surface area contributed by atoms with Crippen LogP contribution < -0.4 is 16.0 Å². The molecule has 3 N–H and O–H groups in total. The standard InChI is InChI=1S/C19H29N5O/c1-6-20-18-17(13-23(4)15(3)22-18)24(5)19(25)21-12-11-16-9-7-14(2)8-10-16/h6-10,13,15,18,20,22H,1,11-12H2,2-5H3,(H,21,25). The Kier molecular flexibility index (Phi) is 6.47. The van der Waals surface area contributed by atoms with Crippen LogP contribution in [0.5, 0.6) is 0 Å². The monoisotopic (exact) mass is 343 g/mol. The van der Waals surface area contributed by atoms with Gasteiger partial charge in [0, 0.05) is 26.8 Å². The third kappa shape index (κ3) is 5.00. The number of carbonyl (C=O) groups is 1. The molecule has 0 fully saturated rings. The first kappa shape index (κ1) is 18.9. The topological polar surface area (TPSA) is 59.6 Å². The van der Waals surface area contributed by atoms with Gasteiger partial charge in [0.25, 0.3) is 0 Å². The number of urea groups is 1. The average molecular weight is 343 g/mol. The van der Waals surface area contributed by atoms with Gasteiger partial charge in [-0.25, -0.2) is 4.79 Å². The van der Waals surface area contributed by atoms with Gasteiger partial charge in [0.2, 0.25) is 0 Å². The van der Waals surface area contributed by atoms with Crippen molar-refractivity contribution in [1.29, 1.82) is 0 Å². The summed E-state index contributed by atoms with van der Waals surface area (Å²) >= 11 is 0. The Morgan fingerprint density at radius 1 is 1.40 bits per heavy atom. The number of aryl methyl sites for hydroxylation is 1. The quantitative estimate of drug-likeness (QED) is 0.739. The second kappa shape index (κ2) is 8.58. The van der Waals surface area contributed by atoms with Gasteiger partial charge in [-0.2, -0.15) is 0 Å². The molecule has 1 aromatic rings. The van der Waals surface area contributed by atoms with Crippen molar-refractivity contribution in [3.63, 3.8) is 0 Å². The molecule has 0 aliphatic carbocycles. The molecule has 0 saturated carbocycles. The van der Waals surface area contributed by atoms with Gasteiger partial charge in [0.15, 0.2) is 0 Å². The van der Waals surface area contributed by atoms with E-state index in [1.807, 2.05) is 18.1 Å². The largest absolute Gasteiger partial charge is 0.371 e. The molecule has 2 rings (SSSR count). The van der Waals surface area contributed by atoms with Gasteiger partial charge >= 0.3 is 6.03 Å². The van der Waals surface area contributed by atoms with Crippen molar-refractivity contribution in [1.82, 2.24) is 25.8 Å². The highest BCUT2D eigenvalue weighted by molar-refractivity contribution is 5.76. The van der Waals surface area contributed by atoms with Gasteiger partial charge in [-0.3, -0.25) is 10.2 Å². The van der Waals surface area contributed by atoms with Crippen molar-refractivity contribution in [2.75, 3.05) is 20.6 Å². The van der Waals surface area contributed by atoms with Crippen LogP contribution in [-0.4, -0.2) is 48.8 Å². The number of likely N-dealkylation sites (N-methyl/N-ethyl adjacent to an activating group) is 1. The maximum atomic E-state index is 12.5. The van der Waals surface area contributed by atoms with E-state index in [9.17, 15) is 4.79 Å². The highest BCUT2D eigenvalue weighted by Gasteiger charge is 2.27. The van der Waals surface area contributed by atoms with E-state index in [4.69, 9.17) is 0 Å². The average Bonchev–Trinajstić information content (AvgIpc) is 2.59. The van der Waals surface area contributed by atoms with Crippen LogP contribution in [0.25, 0.3) is 0 Å². The number of benzene rings is 1. The molecule has 1 aromatic carbocycles. The maximum Gasteiger partial charge on any atom is 0.321 e. The van der Waals surface area contributed by atoms with Crippen molar-refractivity contribution >= 4 is 6.03 Å². The van der Waals surface area contributed by atoms with E-state index >= 15 is 0 Å². The van der Waals surface area contributed by atoms with Crippen LogP contribution in [-0.2, 0) is 6.42 Å². The van der Waals surface area contributed by atoms with Crippen LogP contribution in [0, 0.1) is 6.92 Å². The van der Waals surface area contributed by atoms with Crippen LogP contribution >= 0.6 is 0 Å². The summed E-state index contributed by atoms with van der Waals surface area (Å²) in [7, 11) is 3.75. The van der Waals surface area contributed by atoms with E-state index in [0.29, 0.717) is 6.54 Å². The molecule has 1 aliphatic rings. The predicted molar refractivity (Wildman–Crippen MR) is 102 cm³/mol. The molecule has 0 aromatic heterocycles. The van der Waals surface area contributed by atoms with E-state index in [-0.39, 0.29) is 18.4 Å². The third-order valence-electron chi connectivity index (χ3n) is 4.44. The zero-order valence-corrected chi connectivity index (χ0v) is 15.5. The van der Waals surface area contributed by atoms with Gasteiger partial charge in [-0.05, 0) is 32.0 Å². The Morgan fingerprint density at radius 2 is 2.08 bits per heavy atom. The van der Waals surface area contributed by atoms with E-state index in [1.165, 1.54) is 11.1 Å². The van der Waals surface area contributed by atoms with Crippen LogP contribution in [0.4, 0.5) is 4.79 Å². The lowest BCUT2D eigenvalue weighted by Gasteiger charge is -2.39. The highest BCUT2D eigenvalue weighted by atomic mass is 16.2. The second-order valence-corrected chi connectivity index (χ2v) is 6.39. The molecule has 25 heavy (non-hydrogen) atoms. The summed E-state index contributed by atoms with van der Waals surface area (Å²) in [5.74, 6) is 0. The lowest BCUT2D eigenvalue weighted by molar-refractivity contribution is 0.192. The summed E-state index contributed by atoms with van der Waals surface area (Å²) < 4.78 is 0. The van der Waals surface area contributed by atoms with E-state index in [2.05, 4.69) is 60.6 Å². The van der Waals surface area contributed by atoms with Crippen LogP contribution in [0.1, 0.15) is 18.1 Å². The molecular weight excluding hydrogens is 314 g/mol. The lowest BCUT2D eigenvalue weighted by Crippen LogP contribution is -2.58. The van der Waals surface area contributed by atoms with Gasteiger partial charge in [0.05, 0.1) is 11.9 Å². The Hall–Kier alpha value is -2.47. The summed E-state index contributed by atoms with van der Waals surface area (Å²) in [6.07, 6.45) is 4.42. The Labute approximate surface area is 150 Å². The molecule has 1 heterocycles. The van der Waals surface area contributed by atoms with Crippen molar-refractivity contribution in [2.24, 2.45) is 0 Å². The molecule has 0 spiro atoms. The lowest BCUT2D eigenvalue weighted by atomic mass is 10.1. The van der Waals surface area contributed by atoms with Crippen LogP contribution in [0.15, 0.2) is 48.9 Å². The molecule has 2 atom stereocenters. The Morgan fingerprint density at radius 3 is 2.72 bits per heavy atom. The smallest absolute Gasteiger partial charge is 0.321 e. The third-order valence-corrected chi connectivity index (χ3v) is 4.44. The summed E-state index contributed by atoms with van der Waals surface area (Å²) in [6, 6.07) is 8.24. The predicted octanol–water partition coefficient (Wildman–Crippen LogP) is 1.96. The van der Waals surface area contributed by atoms with Crippen LogP contribution in [0.3, 0.4) is 0 Å². The Balaban J connectivity index is 1.94. The molecule has 2 unspecified atom stereocenters. The van der Waals surface area contributed by atoms with E-state index < -0.39 is 0 Å². The minimum atomic E-state index is -0.156. The molecular formula is C19H29N5O. The molecule has 6 nitrogen and oxygen atoms in total. The number of hydrogen-bond acceptors (Lipinski definition) is 4. The highest BCUT2D eigenvalue weighted by Crippen LogP contribution is 2.14. The molecule has 0 radical (unpaired) electrons. The van der Waals surface area contributed by atoms with Crippen LogP contribution in [0.2, 0.25) is 0 Å². The van der Waals surface area contributed by atoms with Crippen molar-refractivity contribution < 1.29 is 4.79 Å². The number of rotatable bonds is 6. The minimum absolute atomic E-state index is 0.126. The van der Waals surface area contributed by atoms with E-state index in [1.54, 1.807) is 18.1 Å². The normalized spacial score (nSPS) is 19.8. The summed E-state index contributed by atoms with van der Waals surface area (Å²) in [5.41, 5.74) is 3.29. The van der Waals surface area contributed by atoms with Gasteiger partial charge in [0.1, 0.15) is 6.17 Å². The molecule has 0 saturated heterocycles. The first-order chi connectivity index (χ1) is 11.9. The fraction of sp³-hybridized carbons (Fsp3) is 0.421. The zero-order valence-electron chi connectivity index (χ0n) is 15.5. The molecule has 1 aliphatic heterocycles. The summed E-state index contributed by atoms with van der Waals surface area (Å²) in [4.78, 5) is 16.2. The SMILES string of the molecule is C=CNC1NC(C)N(C)C=C1N(C)C(=O)NCCc1ccc(C)cc1. The first-order valence-corrected chi connectivity index (χ1v) is 8.56. The van der Waals surface area contributed by atoms with Crippen molar-refractivity contribution in [3.8, 4) is 0 Å². The second-order valence-electron chi connectivity index (χ2n) is 6.39. The molecule has 136 valence electrons. The fourth-order valence-corrected chi connectivity index (χ4v) is 2.68. The molecule has 6 heteroatoms. The minimum Gasteiger partial charge on any atom is -0.371 e. The fourth-order valence-electron chi connectivity index (χ4n) is 2.68. The van der Waals surface area contributed by atoms with Crippen molar-refractivity contribution in [3.05, 3.63) is 60.1 Å². The van der Waals surface area contributed by atoms with Gasteiger partial charge in [-0.1, -0.05) is 36.4 Å². The van der Waals surface area contributed by atoms with Gasteiger partial charge in [-0.15, -0.1) is 0 Å². The van der Waals surface area contributed by atoms with Crippen molar-refractivity contribution in [2.45, 2.75) is 32.6 Å². The number of amides is 2. The number of nitrogens with one attached hydrogen (secondary N) is 3. The van der Waals surface area contributed by atoms with E-state index in [0.717, 1.165) is 12.1 Å². The maximum absolute atomic E-state index is 12.5. The summed E-state index contributed by atoms with van der Waals surface area (Å²) in [6.45, 7) is 8.44.